The number of hydrogen-bond donors (Lipinski definition) is 1. The summed E-state index contributed by atoms with van der Waals surface area (Å²) >= 11 is 0. The van der Waals surface area contributed by atoms with Crippen molar-refractivity contribution in [2.45, 2.75) is 45.5 Å². The monoisotopic (exact) mass is 422 g/mol. The van der Waals surface area contributed by atoms with Crippen molar-refractivity contribution in [1.29, 1.82) is 0 Å². The number of aryl methyl sites for hydroxylation is 1. The Hall–Kier alpha value is -2.71. The van der Waals surface area contributed by atoms with Crippen LogP contribution in [0.3, 0.4) is 0 Å². The molecule has 0 aliphatic carbocycles. The quantitative estimate of drug-likeness (QED) is 0.650. The van der Waals surface area contributed by atoms with Crippen molar-refractivity contribution in [2.75, 3.05) is 31.6 Å². The van der Waals surface area contributed by atoms with Crippen molar-refractivity contribution < 1.29 is 22.8 Å². The van der Waals surface area contributed by atoms with Gasteiger partial charge in [-0.15, -0.1) is 0 Å². The number of alkyl halides is 2. The van der Waals surface area contributed by atoms with E-state index in [1.54, 1.807) is 13.1 Å². The van der Waals surface area contributed by atoms with E-state index < -0.39 is 11.8 Å². The molecule has 1 saturated heterocycles. The van der Waals surface area contributed by atoms with Crippen LogP contribution in [0.2, 0.25) is 0 Å². The maximum atomic E-state index is 13.2. The molecule has 7 nitrogen and oxygen atoms in total. The minimum Gasteiger partial charge on any atom is -0.494 e. The van der Waals surface area contributed by atoms with Gasteiger partial charge in [-0.3, -0.25) is 4.79 Å². The van der Waals surface area contributed by atoms with E-state index in [9.17, 15) is 13.6 Å². The Bertz CT molecular complexity index is 858. The smallest absolute Gasteiger partial charge is 0.322 e. The topological polar surface area (TPSA) is 80.5 Å². The van der Waals surface area contributed by atoms with Gasteiger partial charge in [-0.2, -0.15) is 13.8 Å². The molecule has 3 rings (SSSR count). The molecule has 1 aromatic heterocycles. The van der Waals surface area contributed by atoms with Crippen molar-refractivity contribution in [1.82, 2.24) is 15.5 Å². The summed E-state index contributed by atoms with van der Waals surface area (Å²) in [5, 5.41) is 6.31. The average molecular weight is 422 g/mol. The van der Waals surface area contributed by atoms with Gasteiger partial charge in [0.25, 0.3) is 17.7 Å². The number of anilines is 1. The summed E-state index contributed by atoms with van der Waals surface area (Å²) in [5.74, 6) is -2.31. The van der Waals surface area contributed by atoms with Crippen molar-refractivity contribution in [2.24, 2.45) is 5.92 Å². The highest BCUT2D eigenvalue weighted by atomic mass is 19.3. The van der Waals surface area contributed by atoms with Crippen LogP contribution in [-0.4, -0.2) is 42.8 Å². The molecule has 1 N–H and O–H groups in total. The molecule has 0 unspecified atom stereocenters. The molecular formula is C21H28F2N4O3. The molecule has 164 valence electrons. The highest BCUT2D eigenvalue weighted by molar-refractivity contribution is 5.95. The fraction of sp³-hybridized carbons (Fsp3) is 0.571. The Morgan fingerprint density at radius 2 is 2.10 bits per heavy atom. The molecule has 1 aromatic carbocycles. The average Bonchev–Trinajstić information content (AvgIpc) is 3.22. The first-order chi connectivity index (χ1) is 14.3. The summed E-state index contributed by atoms with van der Waals surface area (Å²) in [6, 6.07) is 5.47. The van der Waals surface area contributed by atoms with Gasteiger partial charge < -0.3 is 19.5 Å². The van der Waals surface area contributed by atoms with Crippen molar-refractivity contribution in [3.8, 4) is 5.75 Å². The van der Waals surface area contributed by atoms with E-state index in [0.29, 0.717) is 18.1 Å². The van der Waals surface area contributed by atoms with E-state index in [1.807, 2.05) is 24.0 Å². The molecule has 0 atom stereocenters. The predicted octanol–water partition coefficient (Wildman–Crippen LogP) is 3.92. The number of aromatic nitrogens is 2. The molecule has 0 saturated carbocycles. The second kappa shape index (κ2) is 9.40. The lowest BCUT2D eigenvalue weighted by atomic mass is 9.92. The van der Waals surface area contributed by atoms with Gasteiger partial charge in [-0.1, -0.05) is 0 Å². The Morgan fingerprint density at radius 1 is 1.37 bits per heavy atom. The van der Waals surface area contributed by atoms with E-state index in [1.165, 1.54) is 0 Å². The van der Waals surface area contributed by atoms with Crippen molar-refractivity contribution >= 4 is 11.9 Å². The van der Waals surface area contributed by atoms with Crippen LogP contribution in [0.25, 0.3) is 0 Å². The zero-order chi connectivity index (χ0) is 21.7. The first-order valence-electron chi connectivity index (χ1n) is 10.2. The lowest BCUT2D eigenvalue weighted by Gasteiger charge is -2.30. The van der Waals surface area contributed by atoms with Crippen LogP contribution in [0.4, 0.5) is 14.7 Å². The summed E-state index contributed by atoms with van der Waals surface area (Å²) in [7, 11) is 1.61. The molecule has 2 heterocycles. The van der Waals surface area contributed by atoms with Crippen LogP contribution in [0.5, 0.6) is 5.75 Å². The van der Waals surface area contributed by atoms with E-state index in [4.69, 9.17) is 4.74 Å². The third-order valence-electron chi connectivity index (χ3n) is 5.38. The van der Waals surface area contributed by atoms with Crippen molar-refractivity contribution in [3.63, 3.8) is 0 Å². The second-order valence-corrected chi connectivity index (χ2v) is 7.76. The number of carbonyl (C=O) groups excluding carboxylic acids is 1. The fourth-order valence-corrected chi connectivity index (χ4v) is 3.62. The maximum absolute atomic E-state index is 13.2. The molecule has 0 radical (unpaired) electrons. The number of halogens is 2. The molecule has 1 fully saturated rings. The summed E-state index contributed by atoms with van der Waals surface area (Å²) in [4.78, 5) is 17.5. The highest BCUT2D eigenvalue weighted by Crippen LogP contribution is 2.29. The fourth-order valence-electron chi connectivity index (χ4n) is 3.62. The van der Waals surface area contributed by atoms with Gasteiger partial charge in [0.2, 0.25) is 0 Å². The number of rotatable bonds is 8. The Morgan fingerprint density at radius 3 is 2.70 bits per heavy atom. The number of nitrogens with one attached hydrogen (secondary N) is 1. The number of ether oxygens (including phenoxy) is 1. The molecular weight excluding hydrogens is 394 g/mol. The van der Waals surface area contributed by atoms with Gasteiger partial charge in [0.15, 0.2) is 0 Å². The molecule has 2 aromatic rings. The lowest BCUT2D eigenvalue weighted by molar-refractivity contribution is -0.0158. The summed E-state index contributed by atoms with van der Waals surface area (Å²) in [6.45, 7) is 4.69. The van der Waals surface area contributed by atoms with Gasteiger partial charge in [0.1, 0.15) is 5.75 Å². The van der Waals surface area contributed by atoms with Gasteiger partial charge in [0.05, 0.1) is 6.61 Å². The van der Waals surface area contributed by atoms with E-state index >= 15 is 0 Å². The van der Waals surface area contributed by atoms with Crippen molar-refractivity contribution in [3.05, 3.63) is 35.2 Å². The van der Waals surface area contributed by atoms with Crippen LogP contribution in [-0.2, 0) is 5.92 Å². The molecule has 0 spiro atoms. The lowest BCUT2D eigenvalue weighted by Crippen LogP contribution is -2.34. The van der Waals surface area contributed by atoms with Gasteiger partial charge in [-0.25, -0.2) is 0 Å². The minimum atomic E-state index is -3.12. The Balaban J connectivity index is 1.39. The molecule has 30 heavy (non-hydrogen) atoms. The zero-order valence-electron chi connectivity index (χ0n) is 17.6. The normalized spacial score (nSPS) is 15.3. The molecule has 1 amide bonds. The first-order valence-corrected chi connectivity index (χ1v) is 10.2. The number of carbonyl (C=O) groups is 1. The van der Waals surface area contributed by atoms with Gasteiger partial charge in [0, 0.05) is 32.6 Å². The molecule has 0 bridgehead atoms. The van der Waals surface area contributed by atoms with Crippen LogP contribution < -0.4 is 15.0 Å². The van der Waals surface area contributed by atoms with Crippen LogP contribution in [0, 0.1) is 12.8 Å². The van der Waals surface area contributed by atoms with Crippen LogP contribution in [0.15, 0.2) is 22.7 Å². The summed E-state index contributed by atoms with van der Waals surface area (Å²) in [6.07, 6.45) is 3.86. The highest BCUT2D eigenvalue weighted by Gasteiger charge is 2.33. The number of benzene rings is 1. The number of piperidine rings is 1. The minimum absolute atomic E-state index is 0.106. The van der Waals surface area contributed by atoms with E-state index in [0.717, 1.165) is 57.0 Å². The summed E-state index contributed by atoms with van der Waals surface area (Å²) < 4.78 is 37.0. The van der Waals surface area contributed by atoms with Crippen LogP contribution >= 0.6 is 0 Å². The van der Waals surface area contributed by atoms with E-state index in [-0.39, 0.29) is 11.9 Å². The SMILES string of the molecule is CNC(=O)c1ccc(OCCCC2CCN(c3noc(C(C)(F)F)n3)CC2)cc1C. The predicted molar refractivity (Wildman–Crippen MR) is 108 cm³/mol. The maximum Gasteiger partial charge on any atom is 0.322 e. The van der Waals surface area contributed by atoms with Gasteiger partial charge >= 0.3 is 5.92 Å². The number of amides is 1. The zero-order valence-corrected chi connectivity index (χ0v) is 17.6. The molecule has 1 aliphatic heterocycles. The molecule has 1 aliphatic rings. The molecule has 9 heteroatoms. The summed E-state index contributed by atoms with van der Waals surface area (Å²) in [5.41, 5.74) is 1.53. The largest absolute Gasteiger partial charge is 0.494 e. The number of hydrogen-bond acceptors (Lipinski definition) is 6. The number of nitrogens with zero attached hydrogens (tertiary/aromatic N) is 3. The van der Waals surface area contributed by atoms with Crippen LogP contribution in [0.1, 0.15) is 54.4 Å². The third kappa shape index (κ3) is 5.46. The Kier molecular flexibility index (Phi) is 6.89. The standard InChI is InChI=1S/C21H28F2N4O3/c1-14-13-16(6-7-17(14)18(28)24-3)29-12-4-5-15-8-10-27(11-9-15)20-25-19(30-26-20)21(2,22)23/h6-7,13,15H,4-5,8-12H2,1-3H3,(H,24,28). The van der Waals surface area contributed by atoms with Gasteiger partial charge in [-0.05, 0) is 67.4 Å². The Labute approximate surface area is 174 Å². The second-order valence-electron chi connectivity index (χ2n) is 7.76. The first kappa shape index (κ1) is 22.0. The third-order valence-corrected chi connectivity index (χ3v) is 5.38. The van der Waals surface area contributed by atoms with E-state index in [2.05, 4.69) is 20.0 Å².